The van der Waals surface area contributed by atoms with Crippen LogP contribution in [-0.4, -0.2) is 67.0 Å². The first-order valence-corrected chi connectivity index (χ1v) is 10.8. The van der Waals surface area contributed by atoms with E-state index in [0.29, 0.717) is 18.0 Å². The number of guanidine groups is 1. The van der Waals surface area contributed by atoms with Crippen molar-refractivity contribution in [2.75, 3.05) is 33.2 Å². The Bertz CT molecular complexity index is 624. The second-order valence-electron chi connectivity index (χ2n) is 7.57. The standard InChI is InChI=1S/C20H35N5OS.HI/c1-15(2)25(16(3)4)10-6-9-22-20(21-5)23-13-19(26)24-11-7-18-17(14-24)8-12-27-18;/h8,12,15-16H,6-7,9-11,13-14H2,1-5H3,(H2,21,22,23);1H. The number of halogens is 1. The van der Waals surface area contributed by atoms with E-state index < -0.39 is 0 Å². The summed E-state index contributed by atoms with van der Waals surface area (Å²) in [6, 6.07) is 3.23. The molecule has 0 spiro atoms. The van der Waals surface area contributed by atoms with Crippen LogP contribution in [0.4, 0.5) is 0 Å². The molecule has 160 valence electrons. The number of rotatable bonds is 8. The zero-order chi connectivity index (χ0) is 19.8. The fourth-order valence-electron chi connectivity index (χ4n) is 3.53. The molecule has 0 unspecified atom stereocenters. The van der Waals surface area contributed by atoms with Gasteiger partial charge in [0, 0.05) is 50.2 Å². The lowest BCUT2D eigenvalue weighted by Crippen LogP contribution is -2.46. The Balaban J connectivity index is 0.00000392. The van der Waals surface area contributed by atoms with Crippen LogP contribution in [-0.2, 0) is 17.8 Å². The molecule has 28 heavy (non-hydrogen) atoms. The van der Waals surface area contributed by atoms with Crippen molar-refractivity contribution in [1.29, 1.82) is 0 Å². The first-order valence-electron chi connectivity index (χ1n) is 9.95. The van der Waals surface area contributed by atoms with E-state index in [2.05, 4.69) is 59.7 Å². The molecular formula is C20H36IN5OS. The van der Waals surface area contributed by atoms with Gasteiger partial charge in [-0.3, -0.25) is 14.7 Å². The number of hydrogen-bond donors (Lipinski definition) is 2. The lowest BCUT2D eigenvalue weighted by molar-refractivity contribution is -0.130. The molecule has 8 heteroatoms. The summed E-state index contributed by atoms with van der Waals surface area (Å²) in [5, 5.41) is 8.58. The Morgan fingerprint density at radius 3 is 2.64 bits per heavy atom. The highest BCUT2D eigenvalue weighted by atomic mass is 127. The summed E-state index contributed by atoms with van der Waals surface area (Å²) in [6.45, 7) is 12.6. The predicted molar refractivity (Wildman–Crippen MR) is 130 cm³/mol. The summed E-state index contributed by atoms with van der Waals surface area (Å²) in [5.41, 5.74) is 1.29. The van der Waals surface area contributed by atoms with Crippen LogP contribution < -0.4 is 10.6 Å². The number of hydrogen-bond acceptors (Lipinski definition) is 4. The third kappa shape index (κ3) is 7.51. The van der Waals surface area contributed by atoms with Gasteiger partial charge in [0.1, 0.15) is 0 Å². The molecule has 1 aromatic heterocycles. The minimum atomic E-state index is 0. The first kappa shape index (κ1) is 25.2. The normalized spacial score (nSPS) is 14.3. The maximum atomic E-state index is 12.5. The maximum Gasteiger partial charge on any atom is 0.242 e. The number of carbonyl (C=O) groups excluding carboxylic acids is 1. The number of nitrogens with one attached hydrogen (secondary N) is 2. The minimum Gasteiger partial charge on any atom is -0.356 e. The average molecular weight is 522 g/mol. The van der Waals surface area contributed by atoms with E-state index in [0.717, 1.165) is 39.0 Å². The van der Waals surface area contributed by atoms with E-state index in [-0.39, 0.29) is 36.4 Å². The second kappa shape index (κ2) is 12.6. The number of aliphatic imine (C=N–C) groups is 1. The lowest BCUT2D eigenvalue weighted by atomic mass is 10.1. The van der Waals surface area contributed by atoms with Gasteiger partial charge in [0.05, 0.1) is 6.54 Å². The maximum absolute atomic E-state index is 12.5. The summed E-state index contributed by atoms with van der Waals surface area (Å²) in [5.74, 6) is 0.817. The Morgan fingerprint density at radius 2 is 2.00 bits per heavy atom. The number of nitrogens with zero attached hydrogens (tertiary/aromatic N) is 3. The smallest absolute Gasteiger partial charge is 0.242 e. The SMILES string of the molecule is CN=C(NCCCN(C(C)C)C(C)C)NCC(=O)N1CCc2sccc2C1.I. The Labute approximate surface area is 191 Å². The van der Waals surface area contributed by atoms with Gasteiger partial charge in [0.25, 0.3) is 0 Å². The largest absolute Gasteiger partial charge is 0.356 e. The summed E-state index contributed by atoms with van der Waals surface area (Å²) < 4.78 is 0. The van der Waals surface area contributed by atoms with E-state index >= 15 is 0 Å². The van der Waals surface area contributed by atoms with Gasteiger partial charge in [0.2, 0.25) is 5.91 Å². The van der Waals surface area contributed by atoms with Crippen molar-refractivity contribution in [3.63, 3.8) is 0 Å². The van der Waals surface area contributed by atoms with Crippen molar-refractivity contribution < 1.29 is 4.79 Å². The van der Waals surface area contributed by atoms with Gasteiger partial charge in [-0.2, -0.15) is 0 Å². The summed E-state index contributed by atoms with van der Waals surface area (Å²) in [4.78, 5) is 22.6. The van der Waals surface area contributed by atoms with Crippen LogP contribution >= 0.6 is 35.3 Å². The topological polar surface area (TPSA) is 60.0 Å². The van der Waals surface area contributed by atoms with Crippen molar-refractivity contribution in [3.8, 4) is 0 Å². The van der Waals surface area contributed by atoms with Crippen LogP contribution in [0.5, 0.6) is 0 Å². The third-order valence-electron chi connectivity index (χ3n) is 5.00. The average Bonchev–Trinajstić information content (AvgIpc) is 3.10. The van der Waals surface area contributed by atoms with Gasteiger partial charge in [-0.1, -0.05) is 0 Å². The molecular weight excluding hydrogens is 485 g/mol. The molecule has 2 heterocycles. The van der Waals surface area contributed by atoms with E-state index in [1.165, 1.54) is 10.4 Å². The molecule has 1 aliphatic rings. The monoisotopic (exact) mass is 521 g/mol. The van der Waals surface area contributed by atoms with E-state index in [1.807, 2.05) is 4.90 Å². The number of fused-ring (bicyclic) bond motifs is 1. The van der Waals surface area contributed by atoms with Crippen LogP contribution in [0.2, 0.25) is 0 Å². The van der Waals surface area contributed by atoms with Crippen LogP contribution in [0.1, 0.15) is 44.6 Å². The van der Waals surface area contributed by atoms with Crippen LogP contribution in [0.3, 0.4) is 0 Å². The minimum absolute atomic E-state index is 0. The molecule has 2 N–H and O–H groups in total. The lowest BCUT2D eigenvalue weighted by Gasteiger charge is -2.30. The molecule has 0 atom stereocenters. The highest BCUT2D eigenvalue weighted by molar-refractivity contribution is 14.0. The molecule has 1 aliphatic heterocycles. The van der Waals surface area contributed by atoms with Crippen molar-refractivity contribution >= 4 is 47.2 Å². The summed E-state index contributed by atoms with van der Waals surface area (Å²) in [6.07, 6.45) is 2.01. The van der Waals surface area contributed by atoms with Crippen molar-refractivity contribution in [3.05, 3.63) is 21.9 Å². The fourth-order valence-corrected chi connectivity index (χ4v) is 4.42. The molecule has 0 saturated heterocycles. The Hall–Kier alpha value is -0.870. The predicted octanol–water partition coefficient (Wildman–Crippen LogP) is 2.92. The second-order valence-corrected chi connectivity index (χ2v) is 8.57. The van der Waals surface area contributed by atoms with E-state index in [4.69, 9.17) is 0 Å². The van der Waals surface area contributed by atoms with Crippen molar-refractivity contribution in [2.24, 2.45) is 4.99 Å². The molecule has 0 radical (unpaired) electrons. The highest BCUT2D eigenvalue weighted by Crippen LogP contribution is 2.23. The summed E-state index contributed by atoms with van der Waals surface area (Å²) >= 11 is 1.79. The molecule has 0 bridgehead atoms. The van der Waals surface area contributed by atoms with Gasteiger partial charge in [-0.05, 0) is 57.5 Å². The quantitative estimate of drug-likeness (QED) is 0.239. The van der Waals surface area contributed by atoms with Gasteiger partial charge in [-0.15, -0.1) is 35.3 Å². The zero-order valence-electron chi connectivity index (χ0n) is 17.8. The molecule has 6 nitrogen and oxygen atoms in total. The Kier molecular flexibility index (Phi) is 11.4. The van der Waals surface area contributed by atoms with Gasteiger partial charge in [-0.25, -0.2) is 0 Å². The number of thiophene rings is 1. The van der Waals surface area contributed by atoms with Crippen LogP contribution in [0.15, 0.2) is 16.4 Å². The number of carbonyl (C=O) groups is 1. The third-order valence-corrected chi connectivity index (χ3v) is 6.03. The van der Waals surface area contributed by atoms with E-state index in [1.54, 1.807) is 18.4 Å². The molecule has 0 aromatic carbocycles. The molecule has 0 saturated carbocycles. The number of amides is 1. The molecule has 2 rings (SSSR count). The van der Waals surface area contributed by atoms with Crippen LogP contribution in [0, 0.1) is 0 Å². The molecule has 0 fully saturated rings. The molecule has 1 aromatic rings. The van der Waals surface area contributed by atoms with E-state index in [9.17, 15) is 4.79 Å². The zero-order valence-corrected chi connectivity index (χ0v) is 21.0. The van der Waals surface area contributed by atoms with Crippen molar-refractivity contribution in [1.82, 2.24) is 20.4 Å². The first-order chi connectivity index (χ1) is 12.9. The van der Waals surface area contributed by atoms with Crippen LogP contribution in [0.25, 0.3) is 0 Å². The van der Waals surface area contributed by atoms with Gasteiger partial charge < -0.3 is 15.5 Å². The fraction of sp³-hybridized carbons (Fsp3) is 0.700. The van der Waals surface area contributed by atoms with Gasteiger partial charge >= 0.3 is 0 Å². The molecule has 0 aliphatic carbocycles. The highest BCUT2D eigenvalue weighted by Gasteiger charge is 2.21. The van der Waals surface area contributed by atoms with Crippen molar-refractivity contribution in [2.45, 2.75) is 59.2 Å². The van der Waals surface area contributed by atoms with Gasteiger partial charge in [0.15, 0.2) is 5.96 Å². The molecule has 1 amide bonds. The Morgan fingerprint density at radius 1 is 1.29 bits per heavy atom. The summed E-state index contributed by atoms with van der Waals surface area (Å²) in [7, 11) is 1.74.